The molecular formula is C16H27N3O3S. The molecule has 0 saturated heterocycles. The Morgan fingerprint density at radius 3 is 2.04 bits per heavy atom. The summed E-state index contributed by atoms with van der Waals surface area (Å²) < 4.78 is 25.1. The van der Waals surface area contributed by atoms with E-state index in [9.17, 15) is 13.2 Å². The van der Waals surface area contributed by atoms with Crippen molar-refractivity contribution in [2.75, 3.05) is 41.3 Å². The number of hydrogen-bond acceptors (Lipinski definition) is 4. The molecule has 1 aromatic carbocycles. The van der Waals surface area contributed by atoms with Crippen LogP contribution in [0.5, 0.6) is 0 Å². The van der Waals surface area contributed by atoms with Crippen LogP contribution in [0.1, 0.15) is 24.2 Å². The molecule has 1 N–H and O–H groups in total. The highest BCUT2D eigenvalue weighted by atomic mass is 32.2. The van der Waals surface area contributed by atoms with Crippen LogP contribution in [0.4, 0.5) is 0 Å². The van der Waals surface area contributed by atoms with E-state index >= 15 is 0 Å². The van der Waals surface area contributed by atoms with Crippen LogP contribution >= 0.6 is 0 Å². The summed E-state index contributed by atoms with van der Waals surface area (Å²) in [5.74, 6) is -0.203. The number of rotatable bonds is 7. The summed E-state index contributed by atoms with van der Waals surface area (Å²) in [5.41, 5.74) is 0.399. The second-order valence-electron chi connectivity index (χ2n) is 6.90. The molecule has 130 valence electrons. The van der Waals surface area contributed by atoms with Gasteiger partial charge in [0.2, 0.25) is 10.0 Å². The highest BCUT2D eigenvalue weighted by Gasteiger charge is 2.21. The fourth-order valence-electron chi connectivity index (χ4n) is 2.32. The number of carbonyl (C=O) groups is 1. The molecule has 6 nitrogen and oxygen atoms in total. The van der Waals surface area contributed by atoms with Gasteiger partial charge in [-0.1, -0.05) is 13.8 Å². The zero-order valence-corrected chi connectivity index (χ0v) is 15.6. The SMILES string of the molecule is CN(C)CC(C)(C)CNC(=O)c1ccc(S(=O)(=O)N(C)C)cc1. The summed E-state index contributed by atoms with van der Waals surface area (Å²) in [4.78, 5) is 14.4. The Bertz CT molecular complexity index is 635. The minimum absolute atomic E-state index is 0.0483. The van der Waals surface area contributed by atoms with Crippen LogP contribution in [0.3, 0.4) is 0 Å². The highest BCUT2D eigenvalue weighted by molar-refractivity contribution is 7.89. The lowest BCUT2D eigenvalue weighted by atomic mass is 9.93. The second kappa shape index (κ2) is 7.42. The highest BCUT2D eigenvalue weighted by Crippen LogP contribution is 2.16. The summed E-state index contributed by atoms with van der Waals surface area (Å²) in [6, 6.07) is 5.97. The molecule has 0 aliphatic rings. The van der Waals surface area contributed by atoms with Crippen LogP contribution in [0.25, 0.3) is 0 Å². The first kappa shape index (κ1) is 19.6. The Morgan fingerprint density at radius 1 is 1.09 bits per heavy atom. The number of hydrogen-bond donors (Lipinski definition) is 1. The van der Waals surface area contributed by atoms with Crippen molar-refractivity contribution in [3.8, 4) is 0 Å². The minimum Gasteiger partial charge on any atom is -0.351 e. The molecule has 1 amide bonds. The summed E-state index contributed by atoms with van der Waals surface area (Å²) in [6.07, 6.45) is 0. The Labute approximate surface area is 139 Å². The quantitative estimate of drug-likeness (QED) is 0.810. The van der Waals surface area contributed by atoms with Gasteiger partial charge >= 0.3 is 0 Å². The molecule has 1 rings (SSSR count). The van der Waals surface area contributed by atoms with Crippen molar-refractivity contribution in [3.05, 3.63) is 29.8 Å². The monoisotopic (exact) mass is 341 g/mol. The van der Waals surface area contributed by atoms with E-state index < -0.39 is 10.0 Å². The van der Waals surface area contributed by atoms with E-state index in [4.69, 9.17) is 0 Å². The number of amides is 1. The molecule has 1 aromatic rings. The fraction of sp³-hybridized carbons (Fsp3) is 0.562. The number of benzene rings is 1. The summed E-state index contributed by atoms with van der Waals surface area (Å²) in [5, 5.41) is 2.90. The molecule has 0 atom stereocenters. The van der Waals surface area contributed by atoms with E-state index in [1.165, 1.54) is 38.4 Å². The van der Waals surface area contributed by atoms with Crippen LogP contribution in [0.2, 0.25) is 0 Å². The molecule has 0 spiro atoms. The lowest BCUT2D eigenvalue weighted by molar-refractivity contribution is 0.0929. The molecule has 0 radical (unpaired) electrons. The third-order valence-electron chi connectivity index (χ3n) is 3.37. The molecule has 0 fully saturated rings. The van der Waals surface area contributed by atoms with E-state index in [0.717, 1.165) is 10.8 Å². The van der Waals surface area contributed by atoms with Crippen LogP contribution in [0.15, 0.2) is 29.2 Å². The van der Waals surface area contributed by atoms with Gasteiger partial charge in [0, 0.05) is 32.7 Å². The van der Waals surface area contributed by atoms with Crippen molar-refractivity contribution >= 4 is 15.9 Å². The molecule has 0 aliphatic heterocycles. The average molecular weight is 341 g/mol. The Balaban J connectivity index is 2.76. The average Bonchev–Trinajstić information content (AvgIpc) is 2.43. The topological polar surface area (TPSA) is 69.7 Å². The van der Waals surface area contributed by atoms with Crippen molar-refractivity contribution in [2.24, 2.45) is 5.41 Å². The second-order valence-corrected chi connectivity index (χ2v) is 9.05. The standard InChI is InChI=1S/C16H27N3O3S/c1-16(2,12-18(3)4)11-17-15(20)13-7-9-14(10-8-13)23(21,22)19(5)6/h7-10H,11-12H2,1-6H3,(H,17,20). The van der Waals surface area contributed by atoms with Gasteiger partial charge in [-0.05, 0) is 43.8 Å². The molecule has 0 aliphatic carbocycles. The first-order valence-electron chi connectivity index (χ1n) is 7.41. The molecule has 0 heterocycles. The van der Waals surface area contributed by atoms with E-state index in [1.807, 2.05) is 14.1 Å². The lowest BCUT2D eigenvalue weighted by Crippen LogP contribution is -2.39. The third-order valence-corrected chi connectivity index (χ3v) is 5.20. The van der Waals surface area contributed by atoms with Gasteiger partial charge in [-0.25, -0.2) is 12.7 Å². The van der Waals surface area contributed by atoms with Crippen LogP contribution in [0, 0.1) is 5.41 Å². The van der Waals surface area contributed by atoms with Crippen molar-refractivity contribution in [1.29, 1.82) is 0 Å². The van der Waals surface area contributed by atoms with Gasteiger partial charge < -0.3 is 10.2 Å². The lowest BCUT2D eigenvalue weighted by Gasteiger charge is -2.28. The van der Waals surface area contributed by atoms with E-state index in [-0.39, 0.29) is 16.2 Å². The number of nitrogens with one attached hydrogen (secondary N) is 1. The number of sulfonamides is 1. The number of nitrogens with zero attached hydrogens (tertiary/aromatic N) is 2. The van der Waals surface area contributed by atoms with Gasteiger partial charge in [-0.2, -0.15) is 0 Å². The van der Waals surface area contributed by atoms with Crippen LogP contribution < -0.4 is 5.32 Å². The predicted octanol–water partition coefficient (Wildman–Crippen LogP) is 1.25. The van der Waals surface area contributed by atoms with E-state index in [1.54, 1.807) is 0 Å². The molecule has 0 aromatic heterocycles. The van der Waals surface area contributed by atoms with Crippen molar-refractivity contribution < 1.29 is 13.2 Å². The number of carbonyl (C=O) groups excluding carboxylic acids is 1. The molecule has 23 heavy (non-hydrogen) atoms. The van der Waals surface area contributed by atoms with Gasteiger partial charge in [0.05, 0.1) is 4.90 Å². The molecule has 0 bridgehead atoms. The van der Waals surface area contributed by atoms with Crippen molar-refractivity contribution in [3.63, 3.8) is 0 Å². The zero-order chi connectivity index (χ0) is 17.8. The first-order valence-corrected chi connectivity index (χ1v) is 8.85. The first-order chi connectivity index (χ1) is 10.5. The van der Waals surface area contributed by atoms with Gasteiger partial charge in [0.25, 0.3) is 5.91 Å². The van der Waals surface area contributed by atoms with Gasteiger partial charge in [-0.15, -0.1) is 0 Å². The smallest absolute Gasteiger partial charge is 0.251 e. The summed E-state index contributed by atoms with van der Waals surface area (Å²) >= 11 is 0. The van der Waals surface area contributed by atoms with Crippen molar-refractivity contribution in [2.45, 2.75) is 18.7 Å². The summed E-state index contributed by atoms with van der Waals surface area (Å²) in [7, 11) is 3.46. The Kier molecular flexibility index (Phi) is 6.33. The molecule has 0 unspecified atom stereocenters. The molecular weight excluding hydrogens is 314 g/mol. The van der Waals surface area contributed by atoms with E-state index in [2.05, 4.69) is 24.1 Å². The largest absolute Gasteiger partial charge is 0.351 e. The maximum absolute atomic E-state index is 12.2. The maximum atomic E-state index is 12.2. The Morgan fingerprint density at radius 2 is 1.61 bits per heavy atom. The third kappa shape index (κ3) is 5.60. The molecule has 0 saturated carbocycles. The van der Waals surface area contributed by atoms with Crippen LogP contribution in [-0.2, 0) is 10.0 Å². The normalized spacial score (nSPS) is 12.7. The van der Waals surface area contributed by atoms with Gasteiger partial charge in [-0.3, -0.25) is 4.79 Å². The van der Waals surface area contributed by atoms with Gasteiger partial charge in [0.1, 0.15) is 0 Å². The van der Waals surface area contributed by atoms with Gasteiger partial charge in [0.15, 0.2) is 0 Å². The van der Waals surface area contributed by atoms with Crippen molar-refractivity contribution in [1.82, 2.24) is 14.5 Å². The maximum Gasteiger partial charge on any atom is 0.251 e. The Hall–Kier alpha value is -1.44. The zero-order valence-electron chi connectivity index (χ0n) is 14.8. The molecule has 7 heteroatoms. The van der Waals surface area contributed by atoms with Crippen LogP contribution in [-0.4, -0.2) is 64.8 Å². The predicted molar refractivity (Wildman–Crippen MR) is 92.0 cm³/mol. The summed E-state index contributed by atoms with van der Waals surface area (Å²) in [6.45, 7) is 5.56. The van der Waals surface area contributed by atoms with E-state index in [0.29, 0.717) is 12.1 Å². The fourth-order valence-corrected chi connectivity index (χ4v) is 3.22. The minimum atomic E-state index is -3.47.